The van der Waals surface area contributed by atoms with Crippen molar-refractivity contribution in [2.45, 2.75) is 26.2 Å². The lowest BCUT2D eigenvalue weighted by Crippen LogP contribution is -2.36. The number of carbonyl (C=O) groups excluding carboxylic acids is 3. The van der Waals surface area contributed by atoms with E-state index in [-0.39, 0.29) is 10.3 Å². The zero-order chi connectivity index (χ0) is 24.9. The van der Waals surface area contributed by atoms with Gasteiger partial charge in [-0.15, -0.1) is 0 Å². The van der Waals surface area contributed by atoms with Gasteiger partial charge >= 0.3 is 0 Å². The molecule has 3 amide bonds. The topological polar surface area (TPSA) is 108 Å². The van der Waals surface area contributed by atoms with Crippen LogP contribution in [0.5, 0.6) is 17.2 Å². The first-order chi connectivity index (χ1) is 16.1. The molecule has 0 unspecified atom stereocenters. The van der Waals surface area contributed by atoms with Crippen molar-refractivity contribution in [2.24, 2.45) is 5.73 Å². The van der Waals surface area contributed by atoms with Crippen molar-refractivity contribution in [2.75, 3.05) is 26.9 Å². The zero-order valence-electron chi connectivity index (χ0n) is 19.6. The SMILES string of the molecule is COc1cc(/C=C2\SC(=O)N(CC(N)=O)C2=O)ccc1OCCOc1ccc(C(C)(C)C)cc1. The molecule has 1 fully saturated rings. The highest BCUT2D eigenvalue weighted by Gasteiger charge is 2.35. The van der Waals surface area contributed by atoms with Crippen LogP contribution >= 0.6 is 11.8 Å². The molecule has 1 saturated heterocycles. The number of primary amides is 1. The number of carbonyl (C=O) groups is 3. The fourth-order valence-corrected chi connectivity index (χ4v) is 4.04. The summed E-state index contributed by atoms with van der Waals surface area (Å²) in [5.41, 5.74) is 7.06. The van der Waals surface area contributed by atoms with Gasteiger partial charge in [0.25, 0.3) is 11.1 Å². The third kappa shape index (κ3) is 6.32. The Morgan fingerprint density at radius 3 is 2.32 bits per heavy atom. The average molecular weight is 485 g/mol. The molecule has 180 valence electrons. The predicted molar refractivity (Wildman–Crippen MR) is 131 cm³/mol. The van der Waals surface area contributed by atoms with Crippen LogP contribution in [0.4, 0.5) is 4.79 Å². The van der Waals surface area contributed by atoms with Crippen LogP contribution in [0.2, 0.25) is 0 Å². The maximum atomic E-state index is 12.4. The van der Waals surface area contributed by atoms with E-state index in [9.17, 15) is 14.4 Å². The minimum Gasteiger partial charge on any atom is -0.493 e. The highest BCUT2D eigenvalue weighted by Crippen LogP contribution is 2.34. The average Bonchev–Trinajstić information content (AvgIpc) is 3.04. The Labute approximate surface area is 203 Å². The maximum absolute atomic E-state index is 12.4. The van der Waals surface area contributed by atoms with Crippen molar-refractivity contribution in [1.29, 1.82) is 0 Å². The number of nitrogens with zero attached hydrogens (tertiary/aromatic N) is 1. The third-order valence-electron chi connectivity index (χ3n) is 5.00. The van der Waals surface area contributed by atoms with Gasteiger partial charge in [-0.1, -0.05) is 39.0 Å². The lowest BCUT2D eigenvalue weighted by Gasteiger charge is -2.19. The van der Waals surface area contributed by atoms with E-state index in [0.29, 0.717) is 30.3 Å². The highest BCUT2D eigenvalue weighted by molar-refractivity contribution is 8.18. The van der Waals surface area contributed by atoms with Gasteiger partial charge in [0.2, 0.25) is 5.91 Å². The van der Waals surface area contributed by atoms with E-state index in [0.717, 1.165) is 22.4 Å². The van der Waals surface area contributed by atoms with Crippen molar-refractivity contribution >= 4 is 34.9 Å². The molecular formula is C25H28N2O6S. The molecule has 3 rings (SSSR count). The molecule has 2 N–H and O–H groups in total. The summed E-state index contributed by atoms with van der Waals surface area (Å²) in [6, 6.07) is 13.2. The molecule has 2 aromatic carbocycles. The monoisotopic (exact) mass is 484 g/mol. The van der Waals surface area contributed by atoms with Gasteiger partial charge in [-0.25, -0.2) is 0 Å². The Kier molecular flexibility index (Phi) is 7.88. The van der Waals surface area contributed by atoms with Crippen LogP contribution < -0.4 is 19.9 Å². The normalized spacial score (nSPS) is 15.1. The molecule has 0 aromatic heterocycles. The number of hydrogen-bond acceptors (Lipinski definition) is 7. The van der Waals surface area contributed by atoms with E-state index in [1.165, 1.54) is 12.7 Å². The standard InChI is InChI=1S/C25H28N2O6S/c1-25(2,3)17-6-8-18(9-7-17)32-11-12-33-19-10-5-16(13-20(19)31-4)14-21-23(29)27(15-22(26)28)24(30)34-21/h5-10,13-14H,11-12,15H2,1-4H3,(H2,26,28)/b21-14-. The minimum absolute atomic E-state index is 0.0858. The molecule has 8 nitrogen and oxygen atoms in total. The van der Waals surface area contributed by atoms with Gasteiger partial charge in [0.05, 0.1) is 12.0 Å². The van der Waals surface area contributed by atoms with Crippen molar-refractivity contribution in [3.63, 3.8) is 0 Å². The Hall–Kier alpha value is -3.46. The van der Waals surface area contributed by atoms with E-state index in [1.54, 1.807) is 24.3 Å². The van der Waals surface area contributed by atoms with Crippen molar-refractivity contribution in [3.05, 3.63) is 58.5 Å². The molecule has 0 bridgehead atoms. The van der Waals surface area contributed by atoms with Gasteiger partial charge in [0, 0.05) is 0 Å². The molecule has 1 aliphatic rings. The molecule has 9 heteroatoms. The number of benzene rings is 2. The smallest absolute Gasteiger partial charge is 0.294 e. The van der Waals surface area contributed by atoms with Gasteiger partial charge in [-0.05, 0) is 58.6 Å². The summed E-state index contributed by atoms with van der Waals surface area (Å²) < 4.78 is 17.0. The number of amides is 3. The van der Waals surface area contributed by atoms with Gasteiger partial charge in [0.15, 0.2) is 11.5 Å². The summed E-state index contributed by atoms with van der Waals surface area (Å²) in [6.45, 7) is 6.70. The molecule has 2 aromatic rings. The Balaban J connectivity index is 1.59. The molecule has 0 radical (unpaired) electrons. The van der Waals surface area contributed by atoms with E-state index in [2.05, 4.69) is 32.9 Å². The first kappa shape index (κ1) is 25.2. The Morgan fingerprint density at radius 1 is 1.03 bits per heavy atom. The lowest BCUT2D eigenvalue weighted by atomic mass is 9.87. The van der Waals surface area contributed by atoms with Crippen molar-refractivity contribution in [3.8, 4) is 17.2 Å². The van der Waals surface area contributed by atoms with Crippen LogP contribution in [0.15, 0.2) is 47.4 Å². The second-order valence-corrected chi connectivity index (χ2v) is 9.61. The number of methoxy groups -OCH3 is 1. The van der Waals surface area contributed by atoms with E-state index < -0.39 is 23.6 Å². The molecule has 0 saturated carbocycles. The number of rotatable bonds is 9. The van der Waals surface area contributed by atoms with Gasteiger partial charge in [-0.3, -0.25) is 19.3 Å². The van der Waals surface area contributed by atoms with Crippen LogP contribution in [-0.4, -0.2) is 48.8 Å². The van der Waals surface area contributed by atoms with Gasteiger partial charge in [0.1, 0.15) is 25.5 Å². The minimum atomic E-state index is -0.752. The van der Waals surface area contributed by atoms with E-state index >= 15 is 0 Å². The third-order valence-corrected chi connectivity index (χ3v) is 5.91. The Morgan fingerprint density at radius 2 is 1.71 bits per heavy atom. The summed E-state index contributed by atoms with van der Waals surface area (Å²) in [4.78, 5) is 36.4. The summed E-state index contributed by atoms with van der Waals surface area (Å²) in [5, 5.41) is -0.532. The zero-order valence-corrected chi connectivity index (χ0v) is 20.4. The van der Waals surface area contributed by atoms with Crippen molar-refractivity contribution < 1.29 is 28.6 Å². The molecular weight excluding hydrogens is 456 g/mol. The van der Waals surface area contributed by atoms with Crippen LogP contribution in [0, 0.1) is 0 Å². The van der Waals surface area contributed by atoms with Gasteiger partial charge < -0.3 is 19.9 Å². The second-order valence-electron chi connectivity index (χ2n) is 8.62. The first-order valence-electron chi connectivity index (χ1n) is 10.7. The largest absolute Gasteiger partial charge is 0.493 e. The fourth-order valence-electron chi connectivity index (χ4n) is 3.20. The van der Waals surface area contributed by atoms with Crippen LogP contribution in [0.3, 0.4) is 0 Å². The fraction of sp³-hybridized carbons (Fsp3) is 0.320. The van der Waals surface area contributed by atoms with E-state index in [1.807, 2.05) is 12.1 Å². The van der Waals surface area contributed by atoms with Gasteiger partial charge in [-0.2, -0.15) is 0 Å². The number of nitrogens with two attached hydrogens (primary N) is 1. The molecule has 1 aliphatic heterocycles. The summed E-state index contributed by atoms with van der Waals surface area (Å²) >= 11 is 0.755. The molecule has 0 aliphatic carbocycles. The quantitative estimate of drug-likeness (QED) is 0.424. The van der Waals surface area contributed by atoms with Crippen LogP contribution in [0.25, 0.3) is 6.08 Å². The van der Waals surface area contributed by atoms with Crippen molar-refractivity contribution in [1.82, 2.24) is 4.90 Å². The van der Waals surface area contributed by atoms with E-state index in [4.69, 9.17) is 19.9 Å². The maximum Gasteiger partial charge on any atom is 0.294 e. The lowest BCUT2D eigenvalue weighted by molar-refractivity contribution is -0.127. The Bertz CT molecular complexity index is 1110. The first-order valence-corrected chi connectivity index (χ1v) is 11.5. The molecule has 0 spiro atoms. The predicted octanol–water partition coefficient (Wildman–Crippen LogP) is 3.97. The number of thioether (sulfide) groups is 1. The number of ether oxygens (including phenoxy) is 3. The number of imide groups is 1. The summed E-state index contributed by atoms with van der Waals surface area (Å²) in [5.74, 6) is 0.454. The molecule has 34 heavy (non-hydrogen) atoms. The van der Waals surface area contributed by atoms with Crippen LogP contribution in [-0.2, 0) is 15.0 Å². The molecule has 1 heterocycles. The second kappa shape index (κ2) is 10.6. The highest BCUT2D eigenvalue weighted by atomic mass is 32.2. The summed E-state index contributed by atoms with van der Waals surface area (Å²) in [6.07, 6.45) is 1.56. The van der Waals surface area contributed by atoms with Crippen LogP contribution in [0.1, 0.15) is 31.9 Å². The molecule has 0 atom stereocenters. The number of hydrogen-bond donors (Lipinski definition) is 1. The summed E-state index contributed by atoms with van der Waals surface area (Å²) in [7, 11) is 1.51.